The molecule has 29 heavy (non-hydrogen) atoms. The molecular formula is C22H28N2O4S. The summed E-state index contributed by atoms with van der Waals surface area (Å²) in [6.07, 6.45) is 3.54. The highest BCUT2D eigenvalue weighted by molar-refractivity contribution is 7.09. The van der Waals surface area contributed by atoms with Crippen molar-refractivity contribution >= 4 is 23.2 Å². The van der Waals surface area contributed by atoms with Gasteiger partial charge in [-0.3, -0.25) is 4.79 Å². The number of ether oxygens (including phenoxy) is 2. The number of nitrogens with one attached hydrogen (secondary N) is 1. The number of hydrogen-bond acceptors (Lipinski definition) is 6. The van der Waals surface area contributed by atoms with Gasteiger partial charge in [0.1, 0.15) is 17.9 Å². The number of carbonyl (C=O) groups excluding carboxylic acids is 2. The molecule has 6 nitrogen and oxygen atoms in total. The van der Waals surface area contributed by atoms with Crippen molar-refractivity contribution in [2.24, 2.45) is 5.92 Å². The Bertz CT molecular complexity index is 851. The standard InChI is InChI=1S/C22H28N2O4S/c1-14-8-4-6-10-19(14)24-21(25)15(2)28-22(26)18-9-5-7-11-20(18)27-12-17-13-29-16(3)23-17/h5,7,9,11,13-15,19H,4,6,8,10,12H2,1-3H3,(H,24,25)/t14-,15-,19-/m0/s1. The van der Waals surface area contributed by atoms with Crippen LogP contribution in [0.15, 0.2) is 29.6 Å². The Morgan fingerprint density at radius 2 is 2.03 bits per heavy atom. The third-order valence-electron chi connectivity index (χ3n) is 5.24. The lowest BCUT2D eigenvalue weighted by molar-refractivity contribution is -0.130. The van der Waals surface area contributed by atoms with Crippen molar-refractivity contribution in [2.45, 2.75) is 65.2 Å². The van der Waals surface area contributed by atoms with Gasteiger partial charge in [0.2, 0.25) is 0 Å². The smallest absolute Gasteiger partial charge is 0.342 e. The first-order valence-electron chi connectivity index (χ1n) is 10.1. The van der Waals surface area contributed by atoms with E-state index >= 15 is 0 Å². The maximum absolute atomic E-state index is 12.7. The second kappa shape index (κ2) is 9.87. The molecule has 2 aromatic rings. The second-order valence-electron chi connectivity index (χ2n) is 7.57. The summed E-state index contributed by atoms with van der Waals surface area (Å²) in [7, 11) is 0. The number of hydrogen-bond donors (Lipinski definition) is 1. The Labute approximate surface area is 175 Å². The molecule has 1 fully saturated rings. The first-order chi connectivity index (χ1) is 13.9. The summed E-state index contributed by atoms with van der Waals surface area (Å²) >= 11 is 1.55. The summed E-state index contributed by atoms with van der Waals surface area (Å²) in [6, 6.07) is 7.03. The van der Waals surface area contributed by atoms with Gasteiger partial charge in [0.15, 0.2) is 6.10 Å². The van der Waals surface area contributed by atoms with E-state index in [1.807, 2.05) is 12.3 Å². The molecule has 1 aliphatic carbocycles. The van der Waals surface area contributed by atoms with Crippen LogP contribution in [0.1, 0.15) is 60.6 Å². The quantitative estimate of drug-likeness (QED) is 0.682. The third kappa shape index (κ3) is 5.79. The monoisotopic (exact) mass is 416 g/mol. The van der Waals surface area contributed by atoms with Gasteiger partial charge < -0.3 is 14.8 Å². The third-order valence-corrected chi connectivity index (χ3v) is 6.06. The summed E-state index contributed by atoms with van der Waals surface area (Å²) in [6.45, 7) is 5.95. The second-order valence-corrected chi connectivity index (χ2v) is 8.63. The fourth-order valence-corrected chi connectivity index (χ4v) is 4.09. The van der Waals surface area contributed by atoms with Crippen molar-refractivity contribution in [3.05, 3.63) is 45.9 Å². The molecule has 1 aliphatic rings. The van der Waals surface area contributed by atoms with Gasteiger partial charge in [-0.05, 0) is 44.7 Å². The van der Waals surface area contributed by atoms with Crippen LogP contribution in [0.5, 0.6) is 5.75 Å². The van der Waals surface area contributed by atoms with Gasteiger partial charge in [-0.25, -0.2) is 9.78 Å². The van der Waals surface area contributed by atoms with Crippen LogP contribution < -0.4 is 10.1 Å². The minimum absolute atomic E-state index is 0.148. The average molecular weight is 417 g/mol. The van der Waals surface area contributed by atoms with E-state index in [0.29, 0.717) is 17.2 Å². The highest BCUT2D eigenvalue weighted by atomic mass is 32.1. The van der Waals surface area contributed by atoms with Crippen LogP contribution in [0.4, 0.5) is 0 Å². The van der Waals surface area contributed by atoms with E-state index in [4.69, 9.17) is 9.47 Å². The van der Waals surface area contributed by atoms with Crippen molar-refractivity contribution in [1.82, 2.24) is 10.3 Å². The molecule has 1 aromatic heterocycles. The molecule has 0 spiro atoms. The summed E-state index contributed by atoms with van der Waals surface area (Å²) in [5.41, 5.74) is 1.11. The molecule has 0 saturated heterocycles. The van der Waals surface area contributed by atoms with Crippen LogP contribution in [0.25, 0.3) is 0 Å². The largest absolute Gasteiger partial charge is 0.486 e. The number of benzene rings is 1. The number of para-hydroxylation sites is 1. The van der Waals surface area contributed by atoms with E-state index in [1.54, 1.807) is 42.5 Å². The van der Waals surface area contributed by atoms with Gasteiger partial charge in [-0.2, -0.15) is 0 Å². The zero-order valence-electron chi connectivity index (χ0n) is 17.1. The van der Waals surface area contributed by atoms with Crippen LogP contribution in [0.3, 0.4) is 0 Å². The molecule has 1 heterocycles. The van der Waals surface area contributed by atoms with E-state index in [2.05, 4.69) is 17.2 Å². The first-order valence-corrected chi connectivity index (χ1v) is 11.0. The van der Waals surface area contributed by atoms with Crippen molar-refractivity contribution < 1.29 is 19.1 Å². The molecule has 0 aliphatic heterocycles. The zero-order valence-corrected chi connectivity index (χ0v) is 18.0. The Balaban J connectivity index is 1.58. The Morgan fingerprint density at radius 3 is 2.76 bits per heavy atom. The number of aryl methyl sites for hydroxylation is 1. The molecule has 0 bridgehead atoms. The summed E-state index contributed by atoms with van der Waals surface area (Å²) in [4.78, 5) is 29.5. The zero-order chi connectivity index (χ0) is 20.8. The topological polar surface area (TPSA) is 77.5 Å². The van der Waals surface area contributed by atoms with Crippen molar-refractivity contribution in [1.29, 1.82) is 0 Å². The molecule has 1 amide bonds. The lowest BCUT2D eigenvalue weighted by atomic mass is 9.86. The van der Waals surface area contributed by atoms with Crippen LogP contribution >= 0.6 is 11.3 Å². The van der Waals surface area contributed by atoms with Crippen molar-refractivity contribution in [3.63, 3.8) is 0 Å². The maximum Gasteiger partial charge on any atom is 0.342 e. The molecule has 0 unspecified atom stereocenters. The number of nitrogens with zero attached hydrogens (tertiary/aromatic N) is 1. The number of esters is 1. The molecule has 156 valence electrons. The predicted octanol–water partition coefficient (Wildman–Crippen LogP) is 4.27. The Morgan fingerprint density at radius 1 is 1.28 bits per heavy atom. The molecule has 1 saturated carbocycles. The summed E-state index contributed by atoms with van der Waals surface area (Å²) < 4.78 is 11.2. The lowest BCUT2D eigenvalue weighted by Crippen LogP contribution is -2.46. The van der Waals surface area contributed by atoms with Crippen LogP contribution in [0.2, 0.25) is 0 Å². The molecule has 3 rings (SSSR count). The van der Waals surface area contributed by atoms with E-state index < -0.39 is 12.1 Å². The van der Waals surface area contributed by atoms with Gasteiger partial charge in [-0.1, -0.05) is 31.9 Å². The van der Waals surface area contributed by atoms with Crippen molar-refractivity contribution in [2.75, 3.05) is 0 Å². The highest BCUT2D eigenvalue weighted by Crippen LogP contribution is 2.24. The summed E-state index contributed by atoms with van der Waals surface area (Å²) in [5.74, 6) is 0.0265. The molecule has 1 aromatic carbocycles. The number of aromatic nitrogens is 1. The van der Waals surface area contributed by atoms with Crippen LogP contribution in [-0.4, -0.2) is 29.0 Å². The Hall–Kier alpha value is -2.41. The minimum atomic E-state index is -0.870. The number of thiazole rings is 1. The molecule has 1 N–H and O–H groups in total. The number of amides is 1. The molecule has 3 atom stereocenters. The normalized spacial score (nSPS) is 20.0. The van der Waals surface area contributed by atoms with Crippen LogP contribution in [0, 0.1) is 12.8 Å². The van der Waals surface area contributed by atoms with Crippen LogP contribution in [-0.2, 0) is 16.1 Å². The SMILES string of the molecule is Cc1nc(COc2ccccc2C(=O)O[C@@H](C)C(=O)N[C@H]2CCCC[C@@H]2C)cs1. The van der Waals surface area contributed by atoms with Gasteiger partial charge in [0.05, 0.1) is 10.7 Å². The van der Waals surface area contributed by atoms with Gasteiger partial charge >= 0.3 is 5.97 Å². The fraction of sp³-hybridized carbons (Fsp3) is 0.500. The molecule has 0 radical (unpaired) electrons. The predicted molar refractivity (Wildman–Crippen MR) is 112 cm³/mol. The first kappa shape index (κ1) is 21.3. The Kier molecular flexibility index (Phi) is 7.25. The van der Waals surface area contributed by atoms with Gasteiger partial charge in [0, 0.05) is 11.4 Å². The molecular weight excluding hydrogens is 388 g/mol. The highest BCUT2D eigenvalue weighted by Gasteiger charge is 2.27. The average Bonchev–Trinajstić information content (AvgIpc) is 3.13. The number of carbonyl (C=O) groups is 2. The van der Waals surface area contributed by atoms with Gasteiger partial charge in [-0.15, -0.1) is 11.3 Å². The minimum Gasteiger partial charge on any atom is -0.486 e. The fourth-order valence-electron chi connectivity index (χ4n) is 3.50. The van der Waals surface area contributed by atoms with Crippen molar-refractivity contribution in [3.8, 4) is 5.75 Å². The van der Waals surface area contributed by atoms with E-state index in [9.17, 15) is 9.59 Å². The van der Waals surface area contributed by atoms with E-state index in [0.717, 1.165) is 30.0 Å². The van der Waals surface area contributed by atoms with E-state index in [1.165, 1.54) is 6.42 Å². The summed E-state index contributed by atoms with van der Waals surface area (Å²) in [5, 5.41) is 5.92. The molecule has 7 heteroatoms. The number of rotatable bonds is 7. The lowest BCUT2D eigenvalue weighted by Gasteiger charge is -2.30. The maximum atomic E-state index is 12.7. The van der Waals surface area contributed by atoms with E-state index in [-0.39, 0.29) is 18.6 Å². The van der Waals surface area contributed by atoms with Gasteiger partial charge in [0.25, 0.3) is 5.91 Å².